The zero-order chi connectivity index (χ0) is 13.7. The summed E-state index contributed by atoms with van der Waals surface area (Å²) in [6.07, 6.45) is 2.57. The molecule has 1 atom stereocenters. The van der Waals surface area contributed by atoms with Gasteiger partial charge in [-0.25, -0.2) is 10.8 Å². The van der Waals surface area contributed by atoms with Gasteiger partial charge >= 0.3 is 0 Å². The average Bonchev–Trinajstić information content (AvgIpc) is 2.36. The Morgan fingerprint density at radius 2 is 2.17 bits per heavy atom. The maximum Gasteiger partial charge on any atom is 0.257 e. The van der Waals surface area contributed by atoms with Gasteiger partial charge in [0.05, 0.1) is 5.56 Å². The average molecular weight is 250 g/mol. The van der Waals surface area contributed by atoms with Crippen LogP contribution in [0.4, 0.5) is 5.82 Å². The number of nitrogens with one attached hydrogen (secondary N) is 1. The van der Waals surface area contributed by atoms with Crippen molar-refractivity contribution < 1.29 is 4.79 Å². The molecule has 5 heteroatoms. The van der Waals surface area contributed by atoms with Gasteiger partial charge in [-0.1, -0.05) is 13.8 Å². The largest absolute Gasteiger partial charge is 0.339 e. The Morgan fingerprint density at radius 1 is 1.50 bits per heavy atom. The predicted octanol–water partition coefficient (Wildman–Crippen LogP) is 1.87. The third kappa shape index (κ3) is 3.43. The van der Waals surface area contributed by atoms with Gasteiger partial charge in [0, 0.05) is 19.3 Å². The molecule has 0 aliphatic rings. The Morgan fingerprint density at radius 3 is 2.72 bits per heavy atom. The number of anilines is 1. The van der Waals surface area contributed by atoms with Crippen molar-refractivity contribution >= 4 is 11.7 Å². The first-order valence-electron chi connectivity index (χ1n) is 6.16. The van der Waals surface area contributed by atoms with Crippen LogP contribution < -0.4 is 11.3 Å². The summed E-state index contributed by atoms with van der Waals surface area (Å²) >= 11 is 0. The van der Waals surface area contributed by atoms with Crippen LogP contribution in [0.5, 0.6) is 0 Å². The van der Waals surface area contributed by atoms with Crippen LogP contribution in [0, 0.1) is 5.92 Å². The van der Waals surface area contributed by atoms with Crippen LogP contribution in [0.3, 0.4) is 0 Å². The third-order valence-electron chi connectivity index (χ3n) is 2.97. The summed E-state index contributed by atoms with van der Waals surface area (Å²) in [4.78, 5) is 18.1. The lowest BCUT2D eigenvalue weighted by Gasteiger charge is -2.26. The fraction of sp³-hybridized carbons (Fsp3) is 0.538. The molecule has 0 aliphatic heterocycles. The van der Waals surface area contributed by atoms with E-state index in [0.29, 0.717) is 17.3 Å². The fourth-order valence-corrected chi connectivity index (χ4v) is 1.92. The first kappa shape index (κ1) is 14.4. The summed E-state index contributed by atoms with van der Waals surface area (Å²) in [5.41, 5.74) is 2.95. The molecule has 18 heavy (non-hydrogen) atoms. The Bertz CT molecular complexity index is 406. The molecule has 0 aromatic carbocycles. The molecule has 1 aromatic rings. The highest BCUT2D eigenvalue weighted by molar-refractivity contribution is 5.98. The number of carbonyl (C=O) groups is 1. The van der Waals surface area contributed by atoms with Gasteiger partial charge in [0.25, 0.3) is 5.91 Å². The molecular weight excluding hydrogens is 228 g/mol. The minimum atomic E-state index is -0.0656. The van der Waals surface area contributed by atoms with E-state index < -0.39 is 0 Å². The number of aromatic nitrogens is 1. The smallest absolute Gasteiger partial charge is 0.257 e. The molecule has 0 bridgehead atoms. The molecule has 0 radical (unpaired) electrons. The Balaban J connectivity index is 2.86. The lowest BCUT2D eigenvalue weighted by atomic mass is 10.0. The van der Waals surface area contributed by atoms with Crippen molar-refractivity contribution in [2.24, 2.45) is 11.8 Å². The molecule has 0 saturated carbocycles. The normalized spacial score (nSPS) is 12.3. The van der Waals surface area contributed by atoms with Crippen LogP contribution in [0.25, 0.3) is 0 Å². The van der Waals surface area contributed by atoms with Crippen molar-refractivity contribution in [1.82, 2.24) is 9.88 Å². The highest BCUT2D eigenvalue weighted by atomic mass is 16.2. The number of hydrogen-bond acceptors (Lipinski definition) is 4. The van der Waals surface area contributed by atoms with Gasteiger partial charge in [-0.05, 0) is 31.4 Å². The van der Waals surface area contributed by atoms with E-state index in [1.165, 1.54) is 0 Å². The molecule has 0 spiro atoms. The second-order valence-corrected chi connectivity index (χ2v) is 4.94. The Labute approximate surface area is 108 Å². The number of rotatable bonds is 5. The van der Waals surface area contributed by atoms with Crippen LogP contribution in [0.1, 0.15) is 37.6 Å². The number of carbonyl (C=O) groups excluding carboxylic acids is 1. The molecule has 0 fully saturated rings. The summed E-state index contributed by atoms with van der Waals surface area (Å²) in [5, 5.41) is 0. The standard InChI is InChI=1S/C13H22N4O/c1-9(2)8-10(3)17(4)13(18)11-6-5-7-15-12(11)16-14/h5-7,9-10H,8,14H2,1-4H3,(H,15,16). The van der Waals surface area contributed by atoms with Crippen molar-refractivity contribution in [3.05, 3.63) is 23.9 Å². The van der Waals surface area contributed by atoms with Gasteiger partial charge in [0.1, 0.15) is 0 Å². The first-order chi connectivity index (χ1) is 8.47. The van der Waals surface area contributed by atoms with Crippen LogP contribution in [-0.4, -0.2) is 28.9 Å². The van der Waals surface area contributed by atoms with E-state index in [9.17, 15) is 4.79 Å². The Kier molecular flexibility index (Phi) is 5.09. The molecule has 1 aromatic heterocycles. The second kappa shape index (κ2) is 6.35. The molecule has 100 valence electrons. The zero-order valence-corrected chi connectivity index (χ0v) is 11.5. The number of amides is 1. The molecule has 5 nitrogen and oxygen atoms in total. The lowest BCUT2D eigenvalue weighted by molar-refractivity contribution is 0.0729. The van der Waals surface area contributed by atoms with E-state index in [2.05, 4.69) is 24.3 Å². The van der Waals surface area contributed by atoms with Crippen LogP contribution >= 0.6 is 0 Å². The Hall–Kier alpha value is -1.62. The van der Waals surface area contributed by atoms with Gasteiger partial charge in [-0.3, -0.25) is 4.79 Å². The molecule has 1 unspecified atom stereocenters. The topological polar surface area (TPSA) is 71.2 Å². The van der Waals surface area contributed by atoms with E-state index in [0.717, 1.165) is 6.42 Å². The maximum absolute atomic E-state index is 12.3. The van der Waals surface area contributed by atoms with E-state index in [1.807, 2.05) is 14.0 Å². The predicted molar refractivity (Wildman–Crippen MR) is 73.1 cm³/mol. The minimum Gasteiger partial charge on any atom is -0.339 e. The molecule has 1 amide bonds. The lowest BCUT2D eigenvalue weighted by Crippen LogP contribution is -2.36. The van der Waals surface area contributed by atoms with Crippen molar-refractivity contribution in [3.63, 3.8) is 0 Å². The van der Waals surface area contributed by atoms with E-state index in [1.54, 1.807) is 23.2 Å². The zero-order valence-electron chi connectivity index (χ0n) is 11.5. The van der Waals surface area contributed by atoms with Crippen molar-refractivity contribution in [2.45, 2.75) is 33.2 Å². The van der Waals surface area contributed by atoms with Crippen molar-refractivity contribution in [2.75, 3.05) is 12.5 Å². The summed E-state index contributed by atoms with van der Waals surface area (Å²) in [7, 11) is 1.81. The number of nitrogen functional groups attached to an aromatic ring is 1. The monoisotopic (exact) mass is 250 g/mol. The summed E-state index contributed by atoms with van der Waals surface area (Å²) in [6, 6.07) is 3.64. The van der Waals surface area contributed by atoms with Crippen LogP contribution in [0.15, 0.2) is 18.3 Å². The third-order valence-corrected chi connectivity index (χ3v) is 2.97. The van der Waals surface area contributed by atoms with Gasteiger partial charge in [-0.2, -0.15) is 0 Å². The molecular formula is C13H22N4O. The van der Waals surface area contributed by atoms with E-state index in [4.69, 9.17) is 5.84 Å². The molecule has 1 heterocycles. The maximum atomic E-state index is 12.3. The van der Waals surface area contributed by atoms with Crippen molar-refractivity contribution in [1.29, 1.82) is 0 Å². The van der Waals surface area contributed by atoms with Gasteiger partial charge < -0.3 is 10.3 Å². The summed E-state index contributed by atoms with van der Waals surface area (Å²) in [5.74, 6) is 6.26. The van der Waals surface area contributed by atoms with Gasteiger partial charge in [0.15, 0.2) is 5.82 Å². The van der Waals surface area contributed by atoms with Crippen molar-refractivity contribution in [3.8, 4) is 0 Å². The number of pyridine rings is 1. The molecule has 0 aliphatic carbocycles. The van der Waals surface area contributed by atoms with Gasteiger partial charge in [-0.15, -0.1) is 0 Å². The van der Waals surface area contributed by atoms with E-state index >= 15 is 0 Å². The van der Waals surface area contributed by atoms with E-state index in [-0.39, 0.29) is 11.9 Å². The van der Waals surface area contributed by atoms with Crippen LogP contribution in [0.2, 0.25) is 0 Å². The van der Waals surface area contributed by atoms with Gasteiger partial charge in [0.2, 0.25) is 0 Å². The summed E-state index contributed by atoms with van der Waals surface area (Å²) in [6.45, 7) is 6.33. The quantitative estimate of drug-likeness (QED) is 0.618. The SMILES string of the molecule is CC(C)CC(C)N(C)C(=O)c1cccnc1NN. The summed E-state index contributed by atoms with van der Waals surface area (Å²) < 4.78 is 0. The van der Waals surface area contributed by atoms with Crippen LogP contribution in [-0.2, 0) is 0 Å². The highest BCUT2D eigenvalue weighted by Crippen LogP contribution is 2.16. The first-order valence-corrected chi connectivity index (χ1v) is 6.16. The number of hydrazine groups is 1. The number of hydrogen-bond donors (Lipinski definition) is 2. The molecule has 1 rings (SSSR count). The number of nitrogens with two attached hydrogens (primary N) is 1. The highest BCUT2D eigenvalue weighted by Gasteiger charge is 2.20. The second-order valence-electron chi connectivity index (χ2n) is 4.94. The molecule has 3 N–H and O–H groups in total. The minimum absolute atomic E-state index is 0.0656. The fourth-order valence-electron chi connectivity index (χ4n) is 1.92. The molecule has 0 saturated heterocycles. The number of nitrogens with zero attached hydrogens (tertiary/aromatic N) is 2.